The lowest BCUT2D eigenvalue weighted by Gasteiger charge is -2.22. The summed E-state index contributed by atoms with van der Waals surface area (Å²) < 4.78 is 6.39. The van der Waals surface area contributed by atoms with Crippen molar-refractivity contribution in [2.75, 3.05) is 13.6 Å². The summed E-state index contributed by atoms with van der Waals surface area (Å²) in [4.78, 5) is 0. The quantitative estimate of drug-likeness (QED) is 0.768. The SMILES string of the molecule is CNCCC(Oc1ccccc1CC(C)C)c1ccccc1. The van der Waals surface area contributed by atoms with Crippen molar-refractivity contribution in [2.24, 2.45) is 5.92 Å². The van der Waals surface area contributed by atoms with Crippen LogP contribution in [0.15, 0.2) is 54.6 Å². The van der Waals surface area contributed by atoms with Gasteiger partial charge >= 0.3 is 0 Å². The molecule has 0 spiro atoms. The number of hydrogen-bond acceptors (Lipinski definition) is 2. The predicted octanol–water partition coefficient (Wildman–Crippen LogP) is 4.61. The Bertz CT molecular complexity index is 551. The minimum atomic E-state index is 0.0852. The van der Waals surface area contributed by atoms with Crippen molar-refractivity contribution in [1.29, 1.82) is 0 Å². The summed E-state index contributed by atoms with van der Waals surface area (Å²) in [5.74, 6) is 1.64. The molecular formula is C20H27NO. The van der Waals surface area contributed by atoms with Crippen LogP contribution in [0.3, 0.4) is 0 Å². The van der Waals surface area contributed by atoms with Gasteiger partial charge in [0.15, 0.2) is 0 Å². The molecule has 0 saturated heterocycles. The second kappa shape index (κ2) is 8.60. The maximum Gasteiger partial charge on any atom is 0.125 e. The Hall–Kier alpha value is -1.80. The number of ether oxygens (including phenoxy) is 1. The van der Waals surface area contributed by atoms with Gasteiger partial charge in [0.05, 0.1) is 0 Å². The molecule has 0 fully saturated rings. The van der Waals surface area contributed by atoms with Crippen LogP contribution in [0.2, 0.25) is 0 Å². The van der Waals surface area contributed by atoms with Crippen LogP contribution < -0.4 is 10.1 Å². The van der Waals surface area contributed by atoms with Crippen LogP contribution in [0.1, 0.15) is 37.5 Å². The topological polar surface area (TPSA) is 21.3 Å². The standard InChI is InChI=1S/C20H27NO/c1-16(2)15-18-11-7-8-12-19(18)22-20(13-14-21-3)17-9-5-4-6-10-17/h4-12,16,20-21H,13-15H2,1-3H3. The Kier molecular flexibility index (Phi) is 6.47. The zero-order chi connectivity index (χ0) is 15.8. The first kappa shape index (κ1) is 16.6. The first-order valence-corrected chi connectivity index (χ1v) is 8.14. The molecule has 0 amide bonds. The Morgan fingerprint density at radius 3 is 2.32 bits per heavy atom. The van der Waals surface area contributed by atoms with E-state index in [1.165, 1.54) is 11.1 Å². The minimum Gasteiger partial charge on any atom is -0.485 e. The van der Waals surface area contributed by atoms with Crippen LogP contribution >= 0.6 is 0 Å². The van der Waals surface area contributed by atoms with Crippen LogP contribution in [-0.2, 0) is 6.42 Å². The third-order valence-corrected chi connectivity index (χ3v) is 3.70. The molecule has 1 N–H and O–H groups in total. The summed E-state index contributed by atoms with van der Waals surface area (Å²) in [5.41, 5.74) is 2.53. The molecule has 0 aliphatic heterocycles. The highest BCUT2D eigenvalue weighted by molar-refractivity contribution is 5.34. The molecule has 0 radical (unpaired) electrons. The minimum absolute atomic E-state index is 0.0852. The highest BCUT2D eigenvalue weighted by Crippen LogP contribution is 2.28. The molecule has 2 nitrogen and oxygen atoms in total. The molecule has 0 aliphatic carbocycles. The van der Waals surface area contributed by atoms with Crippen molar-refractivity contribution in [3.63, 3.8) is 0 Å². The van der Waals surface area contributed by atoms with Gasteiger partial charge in [0.1, 0.15) is 11.9 Å². The molecule has 1 atom stereocenters. The first-order valence-electron chi connectivity index (χ1n) is 8.14. The summed E-state index contributed by atoms with van der Waals surface area (Å²) in [6.07, 6.45) is 2.09. The van der Waals surface area contributed by atoms with E-state index in [4.69, 9.17) is 4.74 Å². The number of benzene rings is 2. The fourth-order valence-electron chi connectivity index (χ4n) is 2.62. The molecule has 0 aromatic heterocycles. The fraction of sp³-hybridized carbons (Fsp3) is 0.400. The lowest BCUT2D eigenvalue weighted by atomic mass is 10.0. The van der Waals surface area contributed by atoms with E-state index in [2.05, 4.69) is 67.7 Å². The molecule has 22 heavy (non-hydrogen) atoms. The van der Waals surface area contributed by atoms with Crippen LogP contribution in [0.25, 0.3) is 0 Å². The second-order valence-electron chi connectivity index (χ2n) is 6.12. The molecule has 2 rings (SSSR count). The Balaban J connectivity index is 2.20. The summed E-state index contributed by atoms with van der Waals surface area (Å²) in [6, 6.07) is 18.9. The average molecular weight is 297 g/mol. The van der Waals surface area contributed by atoms with E-state index >= 15 is 0 Å². The van der Waals surface area contributed by atoms with Crippen molar-refractivity contribution in [1.82, 2.24) is 5.32 Å². The average Bonchev–Trinajstić information content (AvgIpc) is 2.53. The van der Waals surface area contributed by atoms with E-state index in [0.29, 0.717) is 5.92 Å². The van der Waals surface area contributed by atoms with Gasteiger partial charge in [0.25, 0.3) is 0 Å². The molecule has 118 valence electrons. The summed E-state index contributed by atoms with van der Waals surface area (Å²) in [6.45, 7) is 5.42. The molecule has 0 heterocycles. The Morgan fingerprint density at radius 1 is 0.955 bits per heavy atom. The monoisotopic (exact) mass is 297 g/mol. The van der Waals surface area contributed by atoms with Gasteiger partial charge in [-0.3, -0.25) is 0 Å². The highest BCUT2D eigenvalue weighted by Gasteiger charge is 2.15. The normalized spacial score (nSPS) is 12.4. The number of para-hydroxylation sites is 1. The van der Waals surface area contributed by atoms with Gasteiger partial charge in [-0.1, -0.05) is 62.4 Å². The summed E-state index contributed by atoms with van der Waals surface area (Å²) in [7, 11) is 1.98. The van der Waals surface area contributed by atoms with E-state index in [9.17, 15) is 0 Å². The lowest BCUT2D eigenvalue weighted by Crippen LogP contribution is -2.17. The highest BCUT2D eigenvalue weighted by atomic mass is 16.5. The maximum absolute atomic E-state index is 6.39. The first-order chi connectivity index (χ1) is 10.7. The third kappa shape index (κ3) is 4.88. The van der Waals surface area contributed by atoms with E-state index in [0.717, 1.165) is 25.1 Å². The van der Waals surface area contributed by atoms with E-state index < -0.39 is 0 Å². The third-order valence-electron chi connectivity index (χ3n) is 3.70. The van der Waals surface area contributed by atoms with Crippen molar-refractivity contribution < 1.29 is 4.74 Å². The Labute approximate surface area is 134 Å². The van der Waals surface area contributed by atoms with Gasteiger partial charge in [-0.25, -0.2) is 0 Å². The second-order valence-corrected chi connectivity index (χ2v) is 6.12. The zero-order valence-corrected chi connectivity index (χ0v) is 13.9. The molecule has 2 heteroatoms. The molecule has 2 aromatic rings. The van der Waals surface area contributed by atoms with Crippen molar-refractivity contribution >= 4 is 0 Å². The largest absolute Gasteiger partial charge is 0.485 e. The van der Waals surface area contributed by atoms with Gasteiger partial charge in [-0.05, 0) is 43.1 Å². The lowest BCUT2D eigenvalue weighted by molar-refractivity contribution is 0.192. The molecule has 2 aromatic carbocycles. The fourth-order valence-corrected chi connectivity index (χ4v) is 2.62. The van der Waals surface area contributed by atoms with Gasteiger partial charge in [-0.15, -0.1) is 0 Å². The van der Waals surface area contributed by atoms with Gasteiger partial charge < -0.3 is 10.1 Å². The summed E-state index contributed by atoms with van der Waals surface area (Å²) in [5, 5.41) is 3.22. The molecule has 1 unspecified atom stereocenters. The predicted molar refractivity (Wildman–Crippen MR) is 93.3 cm³/mol. The van der Waals surface area contributed by atoms with Crippen molar-refractivity contribution in [3.05, 3.63) is 65.7 Å². The van der Waals surface area contributed by atoms with E-state index in [-0.39, 0.29) is 6.10 Å². The van der Waals surface area contributed by atoms with Crippen molar-refractivity contribution in [3.8, 4) is 5.75 Å². The van der Waals surface area contributed by atoms with Crippen LogP contribution in [0.5, 0.6) is 5.75 Å². The molecule has 0 bridgehead atoms. The van der Waals surface area contributed by atoms with Crippen LogP contribution in [0, 0.1) is 5.92 Å². The number of hydrogen-bond donors (Lipinski definition) is 1. The molecular weight excluding hydrogens is 270 g/mol. The number of nitrogens with one attached hydrogen (secondary N) is 1. The Morgan fingerprint density at radius 2 is 1.64 bits per heavy atom. The number of rotatable bonds is 8. The van der Waals surface area contributed by atoms with E-state index in [1.54, 1.807) is 0 Å². The maximum atomic E-state index is 6.39. The zero-order valence-electron chi connectivity index (χ0n) is 13.9. The summed E-state index contributed by atoms with van der Waals surface area (Å²) >= 11 is 0. The molecule has 0 aliphatic rings. The van der Waals surface area contributed by atoms with Gasteiger partial charge in [-0.2, -0.15) is 0 Å². The van der Waals surface area contributed by atoms with Crippen molar-refractivity contribution in [2.45, 2.75) is 32.8 Å². The van der Waals surface area contributed by atoms with Crippen LogP contribution in [0.4, 0.5) is 0 Å². The molecule has 0 saturated carbocycles. The van der Waals surface area contributed by atoms with E-state index in [1.807, 2.05) is 13.1 Å². The smallest absolute Gasteiger partial charge is 0.125 e. The van der Waals surface area contributed by atoms with Gasteiger partial charge in [0, 0.05) is 6.42 Å². The van der Waals surface area contributed by atoms with Crippen LogP contribution in [-0.4, -0.2) is 13.6 Å². The van der Waals surface area contributed by atoms with Gasteiger partial charge in [0.2, 0.25) is 0 Å².